The van der Waals surface area contributed by atoms with E-state index in [4.69, 9.17) is 14.2 Å². The number of ether oxygens (including phenoxy) is 3. The van der Waals surface area contributed by atoms with Gasteiger partial charge in [0.2, 0.25) is 0 Å². The minimum atomic E-state index is -0.0818. The molecule has 0 aliphatic carbocycles. The zero-order chi connectivity index (χ0) is 15.7. The third kappa shape index (κ3) is 2.34. The summed E-state index contributed by atoms with van der Waals surface area (Å²) in [6, 6.07) is 11.1. The molecule has 0 amide bonds. The Labute approximate surface area is 130 Å². The molecule has 2 aromatic carbocycles. The summed E-state index contributed by atoms with van der Waals surface area (Å²) in [6.07, 6.45) is 0.844. The highest BCUT2D eigenvalue weighted by molar-refractivity contribution is 5.49. The van der Waals surface area contributed by atoms with Crippen LogP contribution in [0.5, 0.6) is 23.0 Å². The summed E-state index contributed by atoms with van der Waals surface area (Å²) in [4.78, 5) is 0. The van der Waals surface area contributed by atoms with Gasteiger partial charge in [-0.2, -0.15) is 0 Å². The molecule has 1 aliphatic rings. The lowest BCUT2D eigenvalue weighted by molar-refractivity contribution is 0.206. The number of rotatable bonds is 4. The van der Waals surface area contributed by atoms with Crippen molar-refractivity contribution in [3.05, 3.63) is 47.5 Å². The van der Waals surface area contributed by atoms with E-state index < -0.39 is 0 Å². The van der Waals surface area contributed by atoms with Gasteiger partial charge in [0.25, 0.3) is 0 Å². The topological polar surface area (TPSA) is 47.9 Å². The van der Waals surface area contributed by atoms with E-state index in [-0.39, 0.29) is 17.8 Å². The Morgan fingerprint density at radius 3 is 2.50 bits per heavy atom. The number of phenolic OH excluding ortho intramolecular Hbond substituents is 1. The van der Waals surface area contributed by atoms with Gasteiger partial charge < -0.3 is 19.3 Å². The summed E-state index contributed by atoms with van der Waals surface area (Å²) in [5, 5.41) is 9.72. The molecule has 1 N–H and O–H groups in total. The smallest absolute Gasteiger partial charge is 0.161 e. The average Bonchev–Trinajstić information content (AvgIpc) is 2.91. The molecule has 3 rings (SSSR count). The van der Waals surface area contributed by atoms with Gasteiger partial charge in [-0.05, 0) is 42.3 Å². The molecule has 0 aromatic heterocycles. The predicted molar refractivity (Wildman–Crippen MR) is 84.1 cm³/mol. The molecule has 0 fully saturated rings. The molecule has 4 nitrogen and oxygen atoms in total. The van der Waals surface area contributed by atoms with E-state index in [1.165, 1.54) is 0 Å². The van der Waals surface area contributed by atoms with E-state index >= 15 is 0 Å². The molecule has 0 unspecified atom stereocenters. The second kappa shape index (κ2) is 5.79. The highest BCUT2D eigenvalue weighted by atomic mass is 16.5. The van der Waals surface area contributed by atoms with Crippen molar-refractivity contribution >= 4 is 0 Å². The van der Waals surface area contributed by atoms with Crippen molar-refractivity contribution in [2.24, 2.45) is 0 Å². The molecular weight excluding hydrogens is 280 g/mol. The maximum atomic E-state index is 9.72. The Morgan fingerprint density at radius 1 is 1.05 bits per heavy atom. The van der Waals surface area contributed by atoms with Gasteiger partial charge in [-0.1, -0.05) is 13.0 Å². The number of phenols is 1. The molecule has 0 bridgehead atoms. The molecule has 2 aromatic rings. The minimum absolute atomic E-state index is 0.0818. The molecule has 0 saturated carbocycles. The fraction of sp³-hybridized carbons (Fsp3) is 0.333. The van der Waals surface area contributed by atoms with Crippen LogP contribution in [0.3, 0.4) is 0 Å². The van der Waals surface area contributed by atoms with Crippen molar-refractivity contribution in [3.63, 3.8) is 0 Å². The molecule has 2 atom stereocenters. The summed E-state index contributed by atoms with van der Waals surface area (Å²) in [7, 11) is 3.25. The van der Waals surface area contributed by atoms with E-state index in [2.05, 4.69) is 6.92 Å². The first-order valence-electron chi connectivity index (χ1n) is 7.39. The van der Waals surface area contributed by atoms with Crippen LogP contribution >= 0.6 is 0 Å². The molecular formula is C18H20O4. The predicted octanol–water partition coefficient (Wildman–Crippen LogP) is 4.04. The van der Waals surface area contributed by atoms with Gasteiger partial charge in [-0.25, -0.2) is 0 Å². The molecule has 116 valence electrons. The lowest BCUT2D eigenvalue weighted by Crippen LogP contribution is -2.09. The third-order valence-electron chi connectivity index (χ3n) is 4.19. The van der Waals surface area contributed by atoms with Gasteiger partial charge in [0, 0.05) is 11.5 Å². The normalized spacial score (nSPS) is 19.4. The van der Waals surface area contributed by atoms with Crippen LogP contribution in [0.4, 0.5) is 0 Å². The maximum Gasteiger partial charge on any atom is 0.161 e. The Hall–Kier alpha value is -2.36. The number of hydrogen-bond donors (Lipinski definition) is 1. The first kappa shape index (κ1) is 14.6. The van der Waals surface area contributed by atoms with Crippen LogP contribution in [0.25, 0.3) is 0 Å². The first-order valence-corrected chi connectivity index (χ1v) is 7.39. The molecule has 0 radical (unpaired) electrons. The fourth-order valence-corrected chi connectivity index (χ4v) is 3.08. The molecule has 4 heteroatoms. The van der Waals surface area contributed by atoms with Crippen LogP contribution < -0.4 is 14.2 Å². The van der Waals surface area contributed by atoms with Crippen LogP contribution in [0.1, 0.15) is 36.5 Å². The van der Waals surface area contributed by atoms with Crippen molar-refractivity contribution < 1.29 is 19.3 Å². The van der Waals surface area contributed by atoms with Crippen molar-refractivity contribution in [3.8, 4) is 23.0 Å². The zero-order valence-corrected chi connectivity index (χ0v) is 13.0. The van der Waals surface area contributed by atoms with Crippen molar-refractivity contribution in [2.75, 3.05) is 14.2 Å². The van der Waals surface area contributed by atoms with Gasteiger partial charge in [0.05, 0.1) is 14.2 Å². The van der Waals surface area contributed by atoms with Gasteiger partial charge >= 0.3 is 0 Å². The summed E-state index contributed by atoms with van der Waals surface area (Å²) in [6.45, 7) is 2.13. The second-order valence-electron chi connectivity index (χ2n) is 5.39. The Bertz CT molecular complexity index is 681. The number of methoxy groups -OCH3 is 2. The quantitative estimate of drug-likeness (QED) is 0.926. The van der Waals surface area contributed by atoms with Gasteiger partial charge in [-0.3, -0.25) is 0 Å². The Morgan fingerprint density at radius 2 is 1.82 bits per heavy atom. The first-order chi connectivity index (χ1) is 10.7. The summed E-state index contributed by atoms with van der Waals surface area (Å²) >= 11 is 0. The van der Waals surface area contributed by atoms with E-state index in [9.17, 15) is 5.11 Å². The number of fused-ring (bicyclic) bond motifs is 1. The molecule has 22 heavy (non-hydrogen) atoms. The van der Waals surface area contributed by atoms with E-state index in [1.807, 2.05) is 24.3 Å². The van der Waals surface area contributed by atoms with Gasteiger partial charge in [-0.15, -0.1) is 0 Å². The van der Waals surface area contributed by atoms with Crippen molar-refractivity contribution in [1.82, 2.24) is 0 Å². The number of hydrogen-bond acceptors (Lipinski definition) is 4. The highest BCUT2D eigenvalue weighted by Crippen LogP contribution is 2.49. The molecule has 1 aliphatic heterocycles. The summed E-state index contributed by atoms with van der Waals surface area (Å²) in [5.74, 6) is 2.71. The van der Waals surface area contributed by atoms with E-state index in [0.717, 1.165) is 23.3 Å². The maximum absolute atomic E-state index is 9.72. The standard InChI is InChI=1S/C18H20O4/c1-4-13-14-10-12(19)6-8-15(14)22-18(13)11-5-7-16(20-2)17(9-11)21-3/h5-10,13,18-19H,4H2,1-3H3/t13-,18+/m0/s1. The van der Waals surface area contributed by atoms with Crippen LogP contribution in [-0.4, -0.2) is 19.3 Å². The molecule has 1 heterocycles. The average molecular weight is 300 g/mol. The molecule has 0 saturated heterocycles. The van der Waals surface area contributed by atoms with E-state index in [0.29, 0.717) is 11.5 Å². The Kier molecular flexibility index (Phi) is 3.84. The molecule has 0 spiro atoms. The van der Waals surface area contributed by atoms with Crippen LogP contribution in [-0.2, 0) is 0 Å². The van der Waals surface area contributed by atoms with Crippen LogP contribution in [0.2, 0.25) is 0 Å². The highest BCUT2D eigenvalue weighted by Gasteiger charge is 2.34. The van der Waals surface area contributed by atoms with Crippen molar-refractivity contribution in [1.29, 1.82) is 0 Å². The van der Waals surface area contributed by atoms with E-state index in [1.54, 1.807) is 26.4 Å². The third-order valence-corrected chi connectivity index (χ3v) is 4.19. The number of aromatic hydroxyl groups is 1. The van der Waals surface area contributed by atoms with Gasteiger partial charge in [0.1, 0.15) is 17.6 Å². The number of benzene rings is 2. The van der Waals surface area contributed by atoms with Crippen LogP contribution in [0, 0.1) is 0 Å². The lowest BCUT2D eigenvalue weighted by Gasteiger charge is -2.19. The lowest BCUT2D eigenvalue weighted by atomic mass is 9.89. The Balaban J connectivity index is 1.99. The monoisotopic (exact) mass is 300 g/mol. The van der Waals surface area contributed by atoms with Gasteiger partial charge in [0.15, 0.2) is 11.5 Å². The fourth-order valence-electron chi connectivity index (χ4n) is 3.08. The SMILES string of the molecule is CC[C@H]1c2cc(O)ccc2O[C@@H]1c1ccc(OC)c(OC)c1. The summed E-state index contributed by atoms with van der Waals surface area (Å²) < 4.78 is 16.8. The second-order valence-corrected chi connectivity index (χ2v) is 5.39. The summed E-state index contributed by atoms with van der Waals surface area (Å²) in [5.41, 5.74) is 2.10. The van der Waals surface area contributed by atoms with Crippen LogP contribution in [0.15, 0.2) is 36.4 Å². The van der Waals surface area contributed by atoms with Crippen molar-refractivity contribution in [2.45, 2.75) is 25.4 Å². The zero-order valence-electron chi connectivity index (χ0n) is 13.0. The minimum Gasteiger partial charge on any atom is -0.508 e. The largest absolute Gasteiger partial charge is 0.508 e.